The third-order valence-electron chi connectivity index (χ3n) is 6.25. The number of hydrogen-bond donors (Lipinski definition) is 1. The molecule has 4 rings (SSSR count). The first-order chi connectivity index (χ1) is 11.3. The van der Waals surface area contributed by atoms with Gasteiger partial charge in [-0.15, -0.1) is 0 Å². The normalized spacial score (nSPS) is 32.4. The number of benzene rings is 1. The number of nitrogens with one attached hydrogen (secondary N) is 1. The summed E-state index contributed by atoms with van der Waals surface area (Å²) in [6.45, 7) is 6.77. The van der Waals surface area contributed by atoms with E-state index >= 15 is 0 Å². The van der Waals surface area contributed by atoms with Crippen molar-refractivity contribution in [3.05, 3.63) is 18.2 Å². The molecule has 24 heavy (non-hydrogen) atoms. The molecule has 0 unspecified atom stereocenters. The molecule has 0 radical (unpaired) electrons. The molecule has 6 nitrogen and oxygen atoms in total. The van der Waals surface area contributed by atoms with E-state index in [4.69, 9.17) is 14.2 Å². The lowest BCUT2D eigenvalue weighted by molar-refractivity contribution is -0.165. The van der Waals surface area contributed by atoms with Crippen LogP contribution >= 0.6 is 0 Å². The highest BCUT2D eigenvalue weighted by atomic mass is 16.6. The Balaban J connectivity index is 1.62. The number of anilines is 1. The van der Waals surface area contributed by atoms with Gasteiger partial charge in [-0.25, -0.2) is 0 Å². The maximum absolute atomic E-state index is 13.0. The molecule has 128 valence electrons. The van der Waals surface area contributed by atoms with Crippen LogP contribution in [0, 0.1) is 10.8 Å². The van der Waals surface area contributed by atoms with Gasteiger partial charge in [-0.3, -0.25) is 9.59 Å². The monoisotopic (exact) mass is 331 g/mol. The Morgan fingerprint density at radius 1 is 1.08 bits per heavy atom. The summed E-state index contributed by atoms with van der Waals surface area (Å²) in [6, 6.07) is 5.27. The van der Waals surface area contributed by atoms with Crippen LogP contribution in [0.5, 0.6) is 11.5 Å². The van der Waals surface area contributed by atoms with Gasteiger partial charge in [-0.05, 0) is 31.9 Å². The van der Waals surface area contributed by atoms with Crippen LogP contribution < -0.4 is 14.8 Å². The first kappa shape index (κ1) is 15.3. The lowest BCUT2D eigenvalue weighted by atomic mass is 9.66. The van der Waals surface area contributed by atoms with Crippen molar-refractivity contribution in [3.8, 4) is 11.5 Å². The number of rotatable bonds is 2. The zero-order valence-corrected chi connectivity index (χ0v) is 14.1. The van der Waals surface area contributed by atoms with Gasteiger partial charge in [-0.2, -0.15) is 0 Å². The fourth-order valence-electron chi connectivity index (χ4n) is 4.10. The minimum atomic E-state index is -1.12. The fourth-order valence-corrected chi connectivity index (χ4v) is 4.10. The molecule has 1 N–H and O–H groups in total. The zero-order valence-electron chi connectivity index (χ0n) is 14.1. The number of amides is 1. The van der Waals surface area contributed by atoms with Crippen molar-refractivity contribution in [1.29, 1.82) is 0 Å². The molecule has 2 aliphatic heterocycles. The largest absolute Gasteiger partial charge is 0.486 e. The Bertz CT molecular complexity index is 743. The summed E-state index contributed by atoms with van der Waals surface area (Å²) in [4.78, 5) is 25.3. The van der Waals surface area contributed by atoms with Crippen LogP contribution in [-0.4, -0.2) is 30.7 Å². The van der Waals surface area contributed by atoms with E-state index < -0.39 is 16.4 Å². The Kier molecular flexibility index (Phi) is 2.96. The molecule has 1 saturated heterocycles. The third-order valence-corrected chi connectivity index (χ3v) is 6.25. The molecule has 2 atom stereocenters. The van der Waals surface area contributed by atoms with Crippen LogP contribution in [0.25, 0.3) is 0 Å². The van der Waals surface area contributed by atoms with Crippen LogP contribution in [0.2, 0.25) is 0 Å². The number of fused-ring (bicyclic) bond motifs is 3. The van der Waals surface area contributed by atoms with E-state index in [0.717, 1.165) is 0 Å². The summed E-state index contributed by atoms with van der Waals surface area (Å²) < 4.78 is 16.6. The van der Waals surface area contributed by atoms with E-state index in [1.165, 1.54) is 0 Å². The van der Waals surface area contributed by atoms with Gasteiger partial charge in [-0.1, -0.05) is 13.8 Å². The topological polar surface area (TPSA) is 73.9 Å². The van der Waals surface area contributed by atoms with Crippen molar-refractivity contribution >= 4 is 17.6 Å². The molecule has 2 bridgehead atoms. The van der Waals surface area contributed by atoms with Crippen LogP contribution in [0.3, 0.4) is 0 Å². The van der Waals surface area contributed by atoms with Gasteiger partial charge in [0.25, 0.3) is 5.91 Å². The molecular formula is C18H21NO5. The van der Waals surface area contributed by atoms with Crippen LogP contribution in [0.15, 0.2) is 18.2 Å². The molecule has 3 aliphatic rings. The van der Waals surface area contributed by atoms with E-state index in [2.05, 4.69) is 5.32 Å². The van der Waals surface area contributed by atoms with Gasteiger partial charge in [0.1, 0.15) is 13.2 Å². The molecule has 0 aromatic heterocycles. The van der Waals surface area contributed by atoms with E-state index in [-0.39, 0.29) is 11.9 Å². The van der Waals surface area contributed by atoms with Gasteiger partial charge in [0.05, 0.1) is 5.41 Å². The van der Waals surface area contributed by atoms with Gasteiger partial charge >= 0.3 is 5.97 Å². The molecule has 2 fully saturated rings. The number of carbonyl (C=O) groups excluding carboxylic acids is 2. The fraction of sp³-hybridized carbons (Fsp3) is 0.556. The maximum atomic E-state index is 13.0. The highest BCUT2D eigenvalue weighted by Gasteiger charge is 2.75. The van der Waals surface area contributed by atoms with Crippen molar-refractivity contribution < 1.29 is 23.8 Å². The smallest absolute Gasteiger partial charge is 0.313 e. The van der Waals surface area contributed by atoms with E-state index in [0.29, 0.717) is 43.2 Å². The van der Waals surface area contributed by atoms with Crippen LogP contribution in [0.4, 0.5) is 5.69 Å². The molecule has 6 heteroatoms. The summed E-state index contributed by atoms with van der Waals surface area (Å²) in [5.41, 5.74) is -1.69. The van der Waals surface area contributed by atoms with Gasteiger partial charge in [0.2, 0.25) is 0 Å². The lowest BCUT2D eigenvalue weighted by Gasteiger charge is -2.35. The Hall–Kier alpha value is -2.24. The number of ether oxygens (including phenoxy) is 3. The highest BCUT2D eigenvalue weighted by Crippen LogP contribution is 2.65. The quantitative estimate of drug-likeness (QED) is 0.843. The summed E-state index contributed by atoms with van der Waals surface area (Å²) in [7, 11) is 0. The van der Waals surface area contributed by atoms with E-state index in [9.17, 15) is 9.59 Å². The second kappa shape index (κ2) is 4.65. The van der Waals surface area contributed by atoms with Gasteiger partial charge in [0.15, 0.2) is 17.1 Å². The Morgan fingerprint density at radius 2 is 1.79 bits per heavy atom. The Labute approximate surface area is 140 Å². The maximum Gasteiger partial charge on any atom is 0.313 e. The molecule has 0 spiro atoms. The molecule has 1 aromatic rings. The van der Waals surface area contributed by atoms with Crippen molar-refractivity contribution in [3.63, 3.8) is 0 Å². The standard InChI is InChI=1S/C18H21NO5/c1-16(2)17(3)6-7-18(16,24-15(17)21)14(20)19-11-4-5-12-13(10-11)23-9-8-22-12/h4-5,10H,6-9H2,1-3H3,(H,19,20)/t17-,18-/m1/s1. The van der Waals surface area contributed by atoms with Crippen molar-refractivity contribution in [2.75, 3.05) is 18.5 Å². The van der Waals surface area contributed by atoms with Gasteiger partial charge < -0.3 is 19.5 Å². The number of hydrogen-bond acceptors (Lipinski definition) is 5. The third kappa shape index (κ3) is 1.71. The summed E-state index contributed by atoms with van der Waals surface area (Å²) >= 11 is 0. The van der Waals surface area contributed by atoms with E-state index in [1.54, 1.807) is 18.2 Å². The second-order valence-corrected chi connectivity index (χ2v) is 7.49. The van der Waals surface area contributed by atoms with Crippen molar-refractivity contribution in [2.24, 2.45) is 10.8 Å². The van der Waals surface area contributed by atoms with Gasteiger partial charge in [0, 0.05) is 17.2 Å². The average Bonchev–Trinajstić information content (AvgIpc) is 2.85. The molecular weight excluding hydrogens is 310 g/mol. The predicted octanol–water partition coefficient (Wildman–Crippen LogP) is 2.52. The molecule has 1 amide bonds. The number of esters is 1. The molecule has 2 heterocycles. The van der Waals surface area contributed by atoms with Crippen LogP contribution in [0.1, 0.15) is 33.6 Å². The summed E-state index contributed by atoms with van der Waals surface area (Å²) in [5.74, 6) is 0.712. The lowest BCUT2D eigenvalue weighted by Crippen LogP contribution is -2.50. The van der Waals surface area contributed by atoms with E-state index in [1.807, 2.05) is 20.8 Å². The SMILES string of the molecule is CC1(C)[C@]2(C)CC[C@]1(C(=O)Nc1ccc3c(c1)OCCO3)OC2=O. The first-order valence-corrected chi connectivity index (χ1v) is 8.25. The Morgan fingerprint density at radius 3 is 2.42 bits per heavy atom. The average molecular weight is 331 g/mol. The highest BCUT2D eigenvalue weighted by molar-refractivity contribution is 6.03. The summed E-state index contributed by atoms with van der Waals surface area (Å²) in [5, 5.41) is 2.89. The van der Waals surface area contributed by atoms with Crippen LogP contribution in [-0.2, 0) is 14.3 Å². The summed E-state index contributed by atoms with van der Waals surface area (Å²) in [6.07, 6.45) is 1.20. The predicted molar refractivity (Wildman–Crippen MR) is 86.0 cm³/mol. The first-order valence-electron chi connectivity index (χ1n) is 8.25. The minimum Gasteiger partial charge on any atom is -0.486 e. The minimum absolute atomic E-state index is 0.279. The van der Waals surface area contributed by atoms with Crippen molar-refractivity contribution in [2.45, 2.75) is 39.2 Å². The zero-order chi connectivity index (χ0) is 17.2. The van der Waals surface area contributed by atoms with Crippen molar-refractivity contribution in [1.82, 2.24) is 0 Å². The number of carbonyl (C=O) groups is 2. The second-order valence-electron chi connectivity index (χ2n) is 7.49. The molecule has 1 saturated carbocycles. The molecule has 1 aromatic carbocycles. The molecule has 1 aliphatic carbocycles.